The van der Waals surface area contributed by atoms with Crippen molar-refractivity contribution in [2.75, 3.05) is 25.6 Å². The Morgan fingerprint density at radius 1 is 1.14 bits per heavy atom. The molecule has 10 nitrogen and oxygen atoms in total. The van der Waals surface area contributed by atoms with Crippen molar-refractivity contribution in [3.8, 4) is 23.3 Å². The van der Waals surface area contributed by atoms with Crippen LogP contribution in [0.25, 0.3) is 6.08 Å². The Morgan fingerprint density at radius 2 is 1.86 bits per heavy atom. The molecule has 1 N–H and O–H groups in total. The maximum atomic E-state index is 12.6. The zero-order valence-corrected chi connectivity index (χ0v) is 21.4. The summed E-state index contributed by atoms with van der Waals surface area (Å²) in [6.45, 7) is 3.63. The van der Waals surface area contributed by atoms with Crippen molar-refractivity contribution in [2.24, 2.45) is 0 Å². The van der Waals surface area contributed by atoms with Gasteiger partial charge in [0.15, 0.2) is 11.5 Å². The summed E-state index contributed by atoms with van der Waals surface area (Å²) < 4.78 is 44.9. The Balaban J connectivity index is 1.66. The van der Waals surface area contributed by atoms with Gasteiger partial charge in [0.2, 0.25) is 15.0 Å². The maximum Gasteiger partial charge on any atom is 0.268 e. The molecule has 3 aromatic rings. The highest BCUT2D eigenvalue weighted by Gasteiger charge is 2.25. The summed E-state index contributed by atoms with van der Waals surface area (Å²) in [6.07, 6.45) is 1.37. The number of benzene rings is 2. The van der Waals surface area contributed by atoms with E-state index >= 15 is 0 Å². The minimum atomic E-state index is -3.68. The highest BCUT2D eigenvalue weighted by molar-refractivity contribution is 7.91. The molecule has 188 valence electrons. The molecule has 0 fully saturated rings. The van der Waals surface area contributed by atoms with Gasteiger partial charge < -0.3 is 14.2 Å². The highest BCUT2D eigenvalue weighted by Crippen LogP contribution is 2.29. The minimum Gasteiger partial charge on any atom is -0.493 e. The van der Waals surface area contributed by atoms with E-state index in [4.69, 9.17) is 14.2 Å². The molecule has 0 bridgehead atoms. The molecule has 1 aromatic heterocycles. The molecule has 3 rings (SSSR count). The lowest BCUT2D eigenvalue weighted by Crippen LogP contribution is -2.16. The quantitative estimate of drug-likeness (QED) is 0.224. The molecule has 0 aliphatic heterocycles. The number of para-hydroxylation sites is 1. The average molecular weight is 529 g/mol. The summed E-state index contributed by atoms with van der Waals surface area (Å²) in [5.41, 5.74) is 0.303. The van der Waals surface area contributed by atoms with Gasteiger partial charge in [0.1, 0.15) is 30.6 Å². The fourth-order valence-corrected chi connectivity index (χ4v) is 4.48. The number of rotatable bonds is 11. The number of methoxy groups -OCH3 is 1. The summed E-state index contributed by atoms with van der Waals surface area (Å²) in [5, 5.41) is 10.8. The number of nitriles is 1. The van der Waals surface area contributed by atoms with E-state index in [-0.39, 0.29) is 22.5 Å². The first-order chi connectivity index (χ1) is 17.2. The Hall–Kier alpha value is -3.95. The number of carbonyl (C=O) groups excluding carboxylic acids is 1. The fraction of sp³-hybridized carbons (Fsp3) is 0.250. The van der Waals surface area contributed by atoms with Gasteiger partial charge >= 0.3 is 0 Å². The van der Waals surface area contributed by atoms with Gasteiger partial charge in [-0.05, 0) is 49.8 Å². The van der Waals surface area contributed by atoms with Crippen LogP contribution in [0.3, 0.4) is 0 Å². The van der Waals surface area contributed by atoms with Crippen LogP contribution in [0.15, 0.2) is 59.3 Å². The number of ether oxygens (including phenoxy) is 3. The van der Waals surface area contributed by atoms with E-state index in [0.29, 0.717) is 35.2 Å². The lowest BCUT2D eigenvalue weighted by molar-refractivity contribution is -0.112. The van der Waals surface area contributed by atoms with Crippen LogP contribution in [0, 0.1) is 11.3 Å². The van der Waals surface area contributed by atoms with Gasteiger partial charge in [0.25, 0.3) is 11.1 Å². The highest BCUT2D eigenvalue weighted by atomic mass is 32.2. The predicted molar refractivity (Wildman–Crippen MR) is 135 cm³/mol. The molecule has 0 unspecified atom stereocenters. The molecular weight excluding hydrogens is 504 g/mol. The monoisotopic (exact) mass is 528 g/mol. The summed E-state index contributed by atoms with van der Waals surface area (Å²) in [7, 11) is -2.20. The molecule has 0 aliphatic rings. The molecule has 0 saturated carbocycles. The average Bonchev–Trinajstić information content (AvgIpc) is 3.35. The molecule has 36 heavy (non-hydrogen) atoms. The molecule has 2 aromatic carbocycles. The molecule has 0 radical (unpaired) electrons. The minimum absolute atomic E-state index is 0.0283. The standard InChI is InChI=1S/C24H24N4O6S2/c1-16(2)36(30,31)24-27-23(35-28-24)26-22(29)18(15-25)13-17-9-10-20(21(14-17)32-3)34-12-11-33-19-7-5-4-6-8-19/h4-10,13-14,16H,11-12H2,1-3H3,(H,26,27,28,29)/b18-13-. The molecule has 1 amide bonds. The second kappa shape index (κ2) is 12.1. The van der Waals surface area contributed by atoms with Crippen LogP contribution in [0.2, 0.25) is 0 Å². The smallest absolute Gasteiger partial charge is 0.268 e. The van der Waals surface area contributed by atoms with Crippen LogP contribution in [0.4, 0.5) is 5.13 Å². The van der Waals surface area contributed by atoms with Crippen molar-refractivity contribution < 1.29 is 27.4 Å². The summed E-state index contributed by atoms with van der Waals surface area (Å²) >= 11 is 0.717. The second-order valence-electron chi connectivity index (χ2n) is 7.52. The van der Waals surface area contributed by atoms with Gasteiger partial charge in [-0.25, -0.2) is 8.42 Å². The Morgan fingerprint density at radius 3 is 2.53 bits per heavy atom. The largest absolute Gasteiger partial charge is 0.493 e. The van der Waals surface area contributed by atoms with Gasteiger partial charge in [-0.1, -0.05) is 24.3 Å². The number of hydrogen-bond donors (Lipinski definition) is 1. The number of amides is 1. The van der Waals surface area contributed by atoms with Gasteiger partial charge in [0, 0.05) is 11.5 Å². The van der Waals surface area contributed by atoms with Crippen LogP contribution in [0.1, 0.15) is 19.4 Å². The van der Waals surface area contributed by atoms with Crippen molar-refractivity contribution in [1.29, 1.82) is 5.26 Å². The normalized spacial score (nSPS) is 11.6. The van der Waals surface area contributed by atoms with E-state index in [9.17, 15) is 18.5 Å². The third kappa shape index (κ3) is 6.80. The molecule has 0 atom stereocenters. The summed E-state index contributed by atoms with van der Waals surface area (Å²) in [4.78, 5) is 16.4. The lowest BCUT2D eigenvalue weighted by Gasteiger charge is -2.12. The Bertz CT molecular complexity index is 1380. The number of sulfone groups is 1. The van der Waals surface area contributed by atoms with Gasteiger partial charge in [-0.3, -0.25) is 10.1 Å². The van der Waals surface area contributed by atoms with Crippen LogP contribution in [-0.2, 0) is 14.6 Å². The molecule has 1 heterocycles. The maximum absolute atomic E-state index is 12.6. The predicted octanol–water partition coefficient (Wildman–Crippen LogP) is 3.73. The van der Waals surface area contributed by atoms with E-state index in [2.05, 4.69) is 14.7 Å². The van der Waals surface area contributed by atoms with Crippen molar-refractivity contribution in [3.05, 3.63) is 59.7 Å². The van der Waals surface area contributed by atoms with E-state index in [0.717, 1.165) is 5.75 Å². The third-order valence-electron chi connectivity index (χ3n) is 4.72. The number of carbonyl (C=O) groups is 1. The number of aromatic nitrogens is 2. The Kier molecular flexibility index (Phi) is 8.99. The van der Waals surface area contributed by atoms with E-state index in [1.54, 1.807) is 18.2 Å². The van der Waals surface area contributed by atoms with Gasteiger partial charge in [-0.15, -0.1) is 0 Å². The number of anilines is 1. The third-order valence-corrected chi connectivity index (χ3v) is 7.40. The zero-order chi connectivity index (χ0) is 26.1. The van der Waals surface area contributed by atoms with E-state index < -0.39 is 21.0 Å². The second-order valence-corrected chi connectivity index (χ2v) is 10.7. The van der Waals surface area contributed by atoms with Crippen LogP contribution < -0.4 is 19.5 Å². The lowest BCUT2D eigenvalue weighted by atomic mass is 10.1. The molecule has 12 heteroatoms. The van der Waals surface area contributed by atoms with E-state index in [1.165, 1.54) is 27.0 Å². The number of hydrogen-bond acceptors (Lipinski definition) is 10. The van der Waals surface area contributed by atoms with Crippen molar-refractivity contribution in [1.82, 2.24) is 9.36 Å². The Labute approximate surface area is 213 Å². The van der Waals surface area contributed by atoms with Gasteiger partial charge in [-0.2, -0.15) is 14.6 Å². The molecule has 0 aliphatic carbocycles. The first-order valence-electron chi connectivity index (χ1n) is 10.7. The molecule has 0 spiro atoms. The molecular formula is C24H24N4O6S2. The van der Waals surface area contributed by atoms with Gasteiger partial charge in [0.05, 0.1) is 12.4 Å². The zero-order valence-electron chi connectivity index (χ0n) is 19.8. The fourth-order valence-electron chi connectivity index (χ4n) is 2.79. The van der Waals surface area contributed by atoms with Crippen molar-refractivity contribution in [3.63, 3.8) is 0 Å². The summed E-state index contributed by atoms with van der Waals surface area (Å²) in [6, 6.07) is 16.1. The first kappa shape index (κ1) is 26.7. The molecule has 0 saturated heterocycles. The van der Waals surface area contributed by atoms with Crippen LogP contribution in [-0.4, -0.2) is 49.3 Å². The van der Waals surface area contributed by atoms with Crippen molar-refractivity contribution >= 4 is 38.5 Å². The number of nitrogens with one attached hydrogen (secondary N) is 1. The SMILES string of the molecule is COc1cc(/C=C(/C#N)C(=O)Nc2nc(S(=O)(=O)C(C)C)ns2)ccc1OCCOc1ccccc1. The summed E-state index contributed by atoms with van der Waals surface area (Å²) in [5.74, 6) is 0.873. The van der Waals surface area contributed by atoms with E-state index in [1.807, 2.05) is 36.4 Å². The van der Waals surface area contributed by atoms with Crippen molar-refractivity contribution in [2.45, 2.75) is 24.3 Å². The van der Waals surface area contributed by atoms with Crippen LogP contribution in [0.5, 0.6) is 17.2 Å². The first-order valence-corrected chi connectivity index (χ1v) is 13.1. The van der Waals surface area contributed by atoms with Crippen LogP contribution >= 0.6 is 11.5 Å². The topological polar surface area (TPSA) is 140 Å². The number of nitrogens with zero attached hydrogens (tertiary/aromatic N) is 3.